The number of carbonyl (C=O) groups is 1. The fourth-order valence-electron chi connectivity index (χ4n) is 7.75. The number of aliphatic carboxylic acids is 1. The zero-order valence-electron chi connectivity index (χ0n) is 24.9. The number of hydrogen-bond donors (Lipinski definition) is 6. The summed E-state index contributed by atoms with van der Waals surface area (Å²) >= 11 is 0. The molecule has 0 unspecified atom stereocenters. The Morgan fingerprint density at radius 2 is 2.00 bits per heavy atom. The second-order valence-electron chi connectivity index (χ2n) is 13.6. The summed E-state index contributed by atoms with van der Waals surface area (Å²) in [6, 6.07) is 1.15. The SMILES string of the molecule is C[C@H]1[C@H](O)C[C@H](N2CC=NC2)[C@H]2C[C@H](CCCCCCC[C@](O)(CN[C@]3(C)CCN[C@H](N)C3)CC(=O)O)CCN21. The van der Waals surface area contributed by atoms with Gasteiger partial charge >= 0.3 is 5.97 Å². The molecule has 4 aliphatic rings. The zero-order valence-corrected chi connectivity index (χ0v) is 24.9. The van der Waals surface area contributed by atoms with Gasteiger partial charge in [-0.25, -0.2) is 0 Å². The molecule has 0 aromatic carbocycles. The molecule has 8 atom stereocenters. The van der Waals surface area contributed by atoms with Crippen molar-refractivity contribution in [3.05, 3.63) is 0 Å². The van der Waals surface area contributed by atoms with Crippen LogP contribution in [0.5, 0.6) is 0 Å². The van der Waals surface area contributed by atoms with E-state index in [1.807, 2.05) is 6.21 Å². The number of nitrogens with two attached hydrogens (primary N) is 1. The molecule has 4 aliphatic heterocycles. The maximum atomic E-state index is 11.5. The van der Waals surface area contributed by atoms with Gasteiger partial charge in [-0.15, -0.1) is 0 Å². The molecular formula is C30H56N6O4. The first-order chi connectivity index (χ1) is 19.1. The van der Waals surface area contributed by atoms with Gasteiger partial charge in [0.15, 0.2) is 0 Å². The third-order valence-electron chi connectivity index (χ3n) is 10.3. The molecule has 230 valence electrons. The molecule has 0 aromatic rings. The van der Waals surface area contributed by atoms with Crippen molar-refractivity contribution in [1.82, 2.24) is 20.4 Å². The Bertz CT molecular complexity index is 839. The monoisotopic (exact) mass is 564 g/mol. The van der Waals surface area contributed by atoms with Crippen LogP contribution in [0.2, 0.25) is 0 Å². The molecule has 0 aromatic heterocycles. The summed E-state index contributed by atoms with van der Waals surface area (Å²) in [7, 11) is 0. The molecule has 3 saturated heterocycles. The molecule has 0 radical (unpaired) electrons. The van der Waals surface area contributed by atoms with E-state index in [2.05, 4.69) is 39.3 Å². The lowest BCUT2D eigenvalue weighted by Gasteiger charge is -2.53. The molecule has 0 spiro atoms. The summed E-state index contributed by atoms with van der Waals surface area (Å²) in [6.07, 6.45) is 13.5. The minimum Gasteiger partial charge on any atom is -0.481 e. The van der Waals surface area contributed by atoms with Crippen molar-refractivity contribution in [1.29, 1.82) is 0 Å². The zero-order chi connectivity index (χ0) is 28.8. The van der Waals surface area contributed by atoms with E-state index in [1.165, 1.54) is 32.1 Å². The number of β-amino-alcohol motifs (C(OH)–C–C–N with tert-alkyl or cyclic N) is 1. The highest BCUT2D eigenvalue weighted by atomic mass is 16.4. The van der Waals surface area contributed by atoms with Crippen molar-refractivity contribution in [3.63, 3.8) is 0 Å². The fourth-order valence-corrected chi connectivity index (χ4v) is 7.75. The summed E-state index contributed by atoms with van der Waals surface area (Å²) in [4.78, 5) is 20.9. The summed E-state index contributed by atoms with van der Waals surface area (Å²) in [5.74, 6) is -0.213. The van der Waals surface area contributed by atoms with Gasteiger partial charge in [-0.2, -0.15) is 0 Å². The average Bonchev–Trinajstić information content (AvgIpc) is 3.43. The molecule has 7 N–H and O–H groups in total. The summed E-state index contributed by atoms with van der Waals surface area (Å²) in [5, 5.41) is 38.0. The van der Waals surface area contributed by atoms with E-state index in [-0.39, 0.29) is 36.8 Å². The lowest BCUT2D eigenvalue weighted by Crippen LogP contribution is -2.64. The standard InChI is InChI=1S/C30H56N6O4/c1-22-26(37)17-24(35-15-13-32-21-35)25-16-23(9-14-36(22)25)8-6-4-3-5-7-10-30(40,19-28(38)39)20-34-29(2)11-12-33-27(31)18-29/h13,22-27,33-34,37,40H,3-12,14-21,31H2,1-2H3,(H,38,39)/t22-,23+,24-,25+,26+,27-,29+,30+/m0/s1. The predicted molar refractivity (Wildman–Crippen MR) is 158 cm³/mol. The van der Waals surface area contributed by atoms with E-state index in [1.54, 1.807) is 0 Å². The second kappa shape index (κ2) is 14.4. The summed E-state index contributed by atoms with van der Waals surface area (Å²) < 4.78 is 0. The molecule has 0 aliphatic carbocycles. The second-order valence-corrected chi connectivity index (χ2v) is 13.6. The smallest absolute Gasteiger partial charge is 0.306 e. The normalized spacial score (nSPS) is 36.8. The molecule has 0 bridgehead atoms. The maximum absolute atomic E-state index is 11.5. The number of rotatable bonds is 14. The Balaban J connectivity index is 1.15. The van der Waals surface area contributed by atoms with Gasteiger partial charge in [0.05, 0.1) is 31.0 Å². The van der Waals surface area contributed by atoms with Crippen LogP contribution in [0.3, 0.4) is 0 Å². The van der Waals surface area contributed by atoms with Gasteiger partial charge in [0, 0.05) is 43.0 Å². The topological polar surface area (TPSA) is 147 Å². The van der Waals surface area contributed by atoms with Crippen LogP contribution >= 0.6 is 0 Å². The third kappa shape index (κ3) is 8.69. The van der Waals surface area contributed by atoms with Crippen molar-refractivity contribution in [3.8, 4) is 0 Å². The predicted octanol–water partition coefficient (Wildman–Crippen LogP) is 1.89. The Labute approximate surface area is 241 Å². The third-order valence-corrected chi connectivity index (χ3v) is 10.3. The van der Waals surface area contributed by atoms with Crippen LogP contribution in [0.15, 0.2) is 4.99 Å². The highest BCUT2D eigenvalue weighted by molar-refractivity contribution is 5.68. The summed E-state index contributed by atoms with van der Waals surface area (Å²) in [6.45, 7) is 8.15. The average molecular weight is 565 g/mol. The Kier molecular flexibility index (Phi) is 11.4. The number of carboxylic acid groups (broad SMARTS) is 1. The molecule has 10 nitrogen and oxygen atoms in total. The minimum atomic E-state index is -1.24. The highest BCUT2D eigenvalue weighted by Crippen LogP contribution is 2.37. The number of carboxylic acids is 1. The molecule has 4 heterocycles. The number of aliphatic hydroxyl groups excluding tert-OH is 1. The number of piperidine rings is 3. The van der Waals surface area contributed by atoms with E-state index in [9.17, 15) is 20.1 Å². The first-order valence-electron chi connectivity index (χ1n) is 15.9. The van der Waals surface area contributed by atoms with Gasteiger partial charge in [-0.3, -0.25) is 19.6 Å². The molecule has 3 fully saturated rings. The Morgan fingerprint density at radius 1 is 1.23 bits per heavy atom. The van der Waals surface area contributed by atoms with Crippen LogP contribution in [0.25, 0.3) is 0 Å². The van der Waals surface area contributed by atoms with Crippen LogP contribution in [0.1, 0.15) is 97.3 Å². The van der Waals surface area contributed by atoms with Gasteiger partial charge in [-0.1, -0.05) is 38.5 Å². The fraction of sp³-hybridized carbons (Fsp3) is 0.933. The molecule has 10 heteroatoms. The van der Waals surface area contributed by atoms with E-state index in [0.717, 1.165) is 70.7 Å². The van der Waals surface area contributed by atoms with Gasteiger partial charge in [0.25, 0.3) is 0 Å². The number of aliphatic imine (C=N–C) groups is 1. The first-order valence-corrected chi connectivity index (χ1v) is 15.9. The molecule has 4 rings (SSSR count). The number of fused-ring (bicyclic) bond motifs is 1. The van der Waals surface area contributed by atoms with Gasteiger partial charge < -0.3 is 31.7 Å². The van der Waals surface area contributed by atoms with E-state index >= 15 is 0 Å². The van der Waals surface area contributed by atoms with Crippen molar-refractivity contribution in [2.45, 2.75) is 139 Å². The van der Waals surface area contributed by atoms with E-state index < -0.39 is 11.6 Å². The van der Waals surface area contributed by atoms with Gasteiger partial charge in [-0.05, 0) is 71.4 Å². The van der Waals surface area contributed by atoms with Crippen molar-refractivity contribution in [2.24, 2.45) is 16.6 Å². The minimum absolute atomic E-state index is 0.0772. The number of nitrogens with one attached hydrogen (secondary N) is 2. The highest BCUT2D eigenvalue weighted by Gasteiger charge is 2.45. The Morgan fingerprint density at radius 3 is 2.73 bits per heavy atom. The lowest BCUT2D eigenvalue weighted by molar-refractivity contribution is -0.143. The maximum Gasteiger partial charge on any atom is 0.306 e. The van der Waals surface area contributed by atoms with Crippen molar-refractivity contribution >= 4 is 12.2 Å². The van der Waals surface area contributed by atoms with Crippen molar-refractivity contribution in [2.75, 3.05) is 32.8 Å². The lowest BCUT2D eigenvalue weighted by atomic mass is 9.77. The van der Waals surface area contributed by atoms with Crippen molar-refractivity contribution < 1.29 is 20.1 Å². The van der Waals surface area contributed by atoms with Crippen LogP contribution < -0.4 is 16.4 Å². The number of hydrogen-bond acceptors (Lipinski definition) is 9. The Hall–Kier alpha value is -1.14. The van der Waals surface area contributed by atoms with E-state index in [0.29, 0.717) is 18.5 Å². The molecule has 40 heavy (non-hydrogen) atoms. The molecule has 0 saturated carbocycles. The van der Waals surface area contributed by atoms with Crippen LogP contribution in [0.4, 0.5) is 0 Å². The summed E-state index contributed by atoms with van der Waals surface area (Å²) in [5.41, 5.74) is 4.64. The number of unbranched alkanes of at least 4 members (excludes halogenated alkanes) is 4. The van der Waals surface area contributed by atoms with Crippen LogP contribution in [0, 0.1) is 5.92 Å². The van der Waals surface area contributed by atoms with Gasteiger partial charge in [0.1, 0.15) is 0 Å². The molecular weight excluding hydrogens is 508 g/mol. The van der Waals surface area contributed by atoms with E-state index in [4.69, 9.17) is 5.73 Å². The largest absolute Gasteiger partial charge is 0.481 e. The number of aliphatic hydroxyl groups is 2. The number of nitrogens with zero attached hydrogens (tertiary/aromatic N) is 3. The first kappa shape index (κ1) is 31.8. The molecule has 0 amide bonds. The quantitative estimate of drug-likeness (QED) is 0.174. The van der Waals surface area contributed by atoms with Gasteiger partial charge in [0.2, 0.25) is 0 Å². The van der Waals surface area contributed by atoms with Crippen LogP contribution in [-0.2, 0) is 4.79 Å². The van der Waals surface area contributed by atoms with Crippen LogP contribution in [-0.4, -0.2) is 112 Å².